The lowest BCUT2D eigenvalue weighted by molar-refractivity contribution is -0.121. The highest BCUT2D eigenvalue weighted by Gasteiger charge is 2.51. The summed E-state index contributed by atoms with van der Waals surface area (Å²) in [5, 5.41) is 12.2. The fourth-order valence-electron chi connectivity index (χ4n) is 1.74. The first-order valence-corrected chi connectivity index (χ1v) is 7.42. The fourth-order valence-corrected chi connectivity index (χ4v) is 2.96. The summed E-state index contributed by atoms with van der Waals surface area (Å²) >= 11 is 1.65. The van der Waals surface area contributed by atoms with Gasteiger partial charge in [-0.2, -0.15) is 0 Å². The average Bonchev–Trinajstić information content (AvgIpc) is 3.18. The predicted molar refractivity (Wildman–Crippen MR) is 78.1 cm³/mol. The third kappa shape index (κ3) is 3.74. The first kappa shape index (κ1) is 14.4. The van der Waals surface area contributed by atoms with E-state index in [9.17, 15) is 9.90 Å². The Morgan fingerprint density at radius 3 is 2.53 bits per heavy atom. The monoisotopic (exact) mass is 279 g/mol. The summed E-state index contributed by atoms with van der Waals surface area (Å²) in [6.07, 6.45) is 1.86. The molecule has 1 aliphatic rings. The molecule has 0 heterocycles. The van der Waals surface area contributed by atoms with Crippen LogP contribution in [0.1, 0.15) is 26.7 Å². The van der Waals surface area contributed by atoms with Crippen molar-refractivity contribution >= 4 is 17.7 Å². The molecule has 1 amide bonds. The molecule has 0 saturated heterocycles. The topological polar surface area (TPSA) is 49.3 Å². The normalized spacial score (nSPS) is 17.0. The number of carbonyl (C=O) groups is 1. The summed E-state index contributed by atoms with van der Waals surface area (Å²) in [6, 6.07) is 10.0. The van der Waals surface area contributed by atoms with Crippen molar-refractivity contribution < 1.29 is 9.90 Å². The number of hydrogen-bond donors (Lipinski definition) is 2. The lowest BCUT2D eigenvalue weighted by Crippen LogP contribution is -2.41. The smallest absolute Gasteiger partial charge is 0.236 e. The number of thioether (sulfide) groups is 1. The van der Waals surface area contributed by atoms with E-state index >= 15 is 0 Å². The van der Waals surface area contributed by atoms with Gasteiger partial charge in [-0.05, 0) is 25.0 Å². The van der Waals surface area contributed by atoms with E-state index in [-0.39, 0.29) is 22.7 Å². The number of aliphatic hydroxyl groups excluding tert-OH is 1. The van der Waals surface area contributed by atoms with E-state index in [1.165, 1.54) is 0 Å². The van der Waals surface area contributed by atoms with E-state index in [1.807, 2.05) is 44.2 Å². The van der Waals surface area contributed by atoms with E-state index in [1.54, 1.807) is 11.8 Å². The van der Waals surface area contributed by atoms with Gasteiger partial charge in [-0.25, -0.2) is 0 Å². The van der Waals surface area contributed by atoms with Crippen LogP contribution in [0.3, 0.4) is 0 Å². The second-order valence-corrected chi connectivity index (χ2v) is 7.37. The van der Waals surface area contributed by atoms with E-state index in [0.717, 1.165) is 17.7 Å². The molecule has 1 aromatic rings. The molecular formula is C15H21NO2S. The lowest BCUT2D eigenvalue weighted by atomic mass is 9.95. The van der Waals surface area contributed by atoms with Gasteiger partial charge in [-0.3, -0.25) is 4.79 Å². The molecule has 1 aromatic carbocycles. The van der Waals surface area contributed by atoms with Crippen LogP contribution in [0, 0.1) is 5.41 Å². The van der Waals surface area contributed by atoms with Crippen LogP contribution >= 0.6 is 11.8 Å². The van der Waals surface area contributed by atoms with Crippen molar-refractivity contribution in [2.75, 3.05) is 13.2 Å². The van der Waals surface area contributed by atoms with Gasteiger partial charge in [-0.15, -0.1) is 11.8 Å². The minimum Gasteiger partial charge on any atom is -0.396 e. The highest BCUT2D eigenvalue weighted by atomic mass is 32.2. The molecule has 19 heavy (non-hydrogen) atoms. The molecule has 1 aliphatic carbocycles. The highest BCUT2D eigenvalue weighted by molar-refractivity contribution is 8.01. The maximum absolute atomic E-state index is 12.3. The number of carbonyl (C=O) groups excluding carboxylic acids is 1. The number of nitrogens with one attached hydrogen (secondary N) is 1. The van der Waals surface area contributed by atoms with Gasteiger partial charge in [0, 0.05) is 23.5 Å². The molecule has 3 nitrogen and oxygen atoms in total. The van der Waals surface area contributed by atoms with Crippen molar-refractivity contribution in [3.05, 3.63) is 30.3 Å². The van der Waals surface area contributed by atoms with Crippen LogP contribution in [0.15, 0.2) is 35.2 Å². The average molecular weight is 279 g/mol. The molecule has 0 aliphatic heterocycles. The van der Waals surface area contributed by atoms with Crippen molar-refractivity contribution in [2.24, 2.45) is 5.41 Å². The number of benzene rings is 1. The molecule has 4 heteroatoms. The van der Waals surface area contributed by atoms with Crippen LogP contribution in [0.5, 0.6) is 0 Å². The molecule has 0 radical (unpaired) electrons. The number of hydrogen-bond acceptors (Lipinski definition) is 3. The first-order chi connectivity index (χ1) is 8.97. The maximum atomic E-state index is 12.3. The highest BCUT2D eigenvalue weighted by Crippen LogP contribution is 2.51. The summed E-state index contributed by atoms with van der Waals surface area (Å²) in [5.41, 5.74) is -0.261. The van der Waals surface area contributed by atoms with Gasteiger partial charge in [-0.1, -0.05) is 32.0 Å². The zero-order chi connectivity index (χ0) is 13.9. The quantitative estimate of drug-likeness (QED) is 0.841. The van der Waals surface area contributed by atoms with Crippen LogP contribution in [0.25, 0.3) is 0 Å². The molecule has 0 atom stereocenters. The summed E-state index contributed by atoms with van der Waals surface area (Å²) < 4.78 is -0.285. The second kappa shape index (κ2) is 5.55. The Hall–Kier alpha value is -1.00. The van der Waals surface area contributed by atoms with Gasteiger partial charge in [0.05, 0.1) is 4.75 Å². The molecule has 2 N–H and O–H groups in total. The van der Waals surface area contributed by atoms with E-state index in [2.05, 4.69) is 5.32 Å². The first-order valence-electron chi connectivity index (χ1n) is 6.61. The molecular weight excluding hydrogens is 258 g/mol. The molecule has 1 saturated carbocycles. The summed E-state index contributed by atoms with van der Waals surface area (Å²) in [7, 11) is 0. The van der Waals surface area contributed by atoms with Crippen LogP contribution < -0.4 is 5.32 Å². The Morgan fingerprint density at radius 2 is 2.00 bits per heavy atom. The van der Waals surface area contributed by atoms with Gasteiger partial charge in [0.1, 0.15) is 0 Å². The van der Waals surface area contributed by atoms with E-state index in [4.69, 9.17) is 0 Å². The Bertz CT molecular complexity index is 441. The Balaban J connectivity index is 1.92. The second-order valence-electron chi connectivity index (χ2n) is 5.91. The molecule has 0 aromatic heterocycles. The minimum absolute atomic E-state index is 0.0755. The van der Waals surface area contributed by atoms with Gasteiger partial charge < -0.3 is 10.4 Å². The Morgan fingerprint density at radius 1 is 1.37 bits per heavy atom. The Labute approximate surface area is 118 Å². The molecule has 0 spiro atoms. The molecule has 1 fully saturated rings. The molecule has 104 valence electrons. The van der Waals surface area contributed by atoms with Gasteiger partial charge in [0.15, 0.2) is 0 Å². The standard InChI is InChI=1S/C15H21NO2S/c1-14(2,11-17)10-16-13(18)15(8-9-15)19-12-6-4-3-5-7-12/h3-7,17H,8-11H2,1-2H3,(H,16,18). The van der Waals surface area contributed by atoms with Crippen LogP contribution in [-0.4, -0.2) is 28.9 Å². The van der Waals surface area contributed by atoms with Crippen molar-refractivity contribution in [1.82, 2.24) is 5.32 Å². The van der Waals surface area contributed by atoms with Gasteiger partial charge >= 0.3 is 0 Å². The predicted octanol–water partition coefficient (Wildman–Crippen LogP) is 2.45. The minimum atomic E-state index is -0.285. The Kier molecular flexibility index (Phi) is 4.21. The maximum Gasteiger partial charge on any atom is 0.236 e. The van der Waals surface area contributed by atoms with Gasteiger partial charge in [0.2, 0.25) is 5.91 Å². The number of rotatable bonds is 6. The lowest BCUT2D eigenvalue weighted by Gasteiger charge is -2.23. The fraction of sp³-hybridized carbons (Fsp3) is 0.533. The molecule has 0 unspecified atom stereocenters. The molecule has 2 rings (SSSR count). The zero-order valence-electron chi connectivity index (χ0n) is 11.5. The summed E-state index contributed by atoms with van der Waals surface area (Å²) in [4.78, 5) is 13.4. The summed E-state index contributed by atoms with van der Waals surface area (Å²) in [6.45, 7) is 4.47. The van der Waals surface area contributed by atoms with Gasteiger partial charge in [0.25, 0.3) is 0 Å². The number of aliphatic hydroxyl groups is 1. The van der Waals surface area contributed by atoms with Crippen molar-refractivity contribution in [1.29, 1.82) is 0 Å². The largest absolute Gasteiger partial charge is 0.396 e. The van der Waals surface area contributed by atoms with Crippen LogP contribution in [-0.2, 0) is 4.79 Å². The summed E-state index contributed by atoms with van der Waals surface area (Å²) in [5.74, 6) is 0.0999. The SMILES string of the molecule is CC(C)(CO)CNC(=O)C1(Sc2ccccc2)CC1. The van der Waals surface area contributed by atoms with Crippen LogP contribution in [0.4, 0.5) is 0 Å². The van der Waals surface area contributed by atoms with Crippen molar-refractivity contribution in [2.45, 2.75) is 36.3 Å². The van der Waals surface area contributed by atoms with E-state index in [0.29, 0.717) is 6.54 Å². The third-order valence-electron chi connectivity index (χ3n) is 3.33. The van der Waals surface area contributed by atoms with E-state index < -0.39 is 0 Å². The van der Waals surface area contributed by atoms with Crippen LogP contribution in [0.2, 0.25) is 0 Å². The van der Waals surface area contributed by atoms with Crippen molar-refractivity contribution in [3.8, 4) is 0 Å². The zero-order valence-corrected chi connectivity index (χ0v) is 12.3. The molecule has 0 bridgehead atoms. The third-order valence-corrected chi connectivity index (χ3v) is 4.82. The van der Waals surface area contributed by atoms with Crippen molar-refractivity contribution in [3.63, 3.8) is 0 Å². The number of amides is 1.